The van der Waals surface area contributed by atoms with Crippen LogP contribution >= 0.6 is 0 Å². The summed E-state index contributed by atoms with van der Waals surface area (Å²) in [5, 5.41) is 9.78. The minimum Gasteiger partial charge on any atom is -0.399 e. The molecule has 0 aliphatic rings. The number of rotatable bonds is 10. The summed E-state index contributed by atoms with van der Waals surface area (Å²) in [5.41, 5.74) is 15.7. The molecular formula is C28H35N5. The van der Waals surface area contributed by atoms with Crippen molar-refractivity contribution in [1.29, 1.82) is 0 Å². The molecule has 0 amide bonds. The number of nitrogens with one attached hydrogen (secondary N) is 3. The highest BCUT2D eigenvalue weighted by Gasteiger charge is 2.10. The van der Waals surface area contributed by atoms with Crippen molar-refractivity contribution in [3.8, 4) is 0 Å². The SMILES string of the molecule is CNc1ccc(NC)c(CN=C(/C=C(\C)CCc2ccccc2)c2cc(N)ccc2NC)c1. The summed E-state index contributed by atoms with van der Waals surface area (Å²) >= 11 is 0. The molecule has 5 heteroatoms. The number of hydrogen-bond acceptors (Lipinski definition) is 5. The number of nitrogen functional groups attached to an aromatic ring is 1. The van der Waals surface area contributed by atoms with Crippen molar-refractivity contribution < 1.29 is 0 Å². The smallest absolute Gasteiger partial charge is 0.0671 e. The van der Waals surface area contributed by atoms with Gasteiger partial charge in [-0.05, 0) is 73.4 Å². The topological polar surface area (TPSA) is 74.5 Å². The lowest BCUT2D eigenvalue weighted by Crippen LogP contribution is -2.06. The molecule has 0 aromatic heterocycles. The number of aryl methyl sites for hydroxylation is 1. The van der Waals surface area contributed by atoms with E-state index in [-0.39, 0.29) is 0 Å². The molecule has 0 atom stereocenters. The summed E-state index contributed by atoms with van der Waals surface area (Å²) < 4.78 is 0. The minimum absolute atomic E-state index is 0.557. The molecule has 3 aromatic carbocycles. The third-order valence-electron chi connectivity index (χ3n) is 5.71. The van der Waals surface area contributed by atoms with Gasteiger partial charge in [-0.25, -0.2) is 0 Å². The first kappa shape index (κ1) is 23.9. The molecule has 0 heterocycles. The van der Waals surface area contributed by atoms with Crippen LogP contribution in [0.5, 0.6) is 0 Å². The number of allylic oxidation sites excluding steroid dienone is 2. The maximum atomic E-state index is 6.15. The van der Waals surface area contributed by atoms with E-state index in [1.165, 1.54) is 11.1 Å². The van der Waals surface area contributed by atoms with E-state index in [9.17, 15) is 0 Å². The quantitative estimate of drug-likeness (QED) is 0.231. The average molecular weight is 442 g/mol. The molecule has 0 aliphatic carbocycles. The molecule has 0 fully saturated rings. The minimum atomic E-state index is 0.557. The molecule has 0 saturated carbocycles. The molecule has 0 radical (unpaired) electrons. The lowest BCUT2D eigenvalue weighted by atomic mass is 10.0. The third kappa shape index (κ3) is 6.62. The van der Waals surface area contributed by atoms with Gasteiger partial charge < -0.3 is 21.7 Å². The van der Waals surface area contributed by atoms with Crippen molar-refractivity contribution in [1.82, 2.24) is 0 Å². The highest BCUT2D eigenvalue weighted by Crippen LogP contribution is 2.24. The van der Waals surface area contributed by atoms with E-state index in [2.05, 4.69) is 77.5 Å². The van der Waals surface area contributed by atoms with E-state index in [0.717, 1.165) is 52.4 Å². The first-order valence-corrected chi connectivity index (χ1v) is 11.4. The van der Waals surface area contributed by atoms with Crippen LogP contribution < -0.4 is 21.7 Å². The predicted octanol–water partition coefficient (Wildman–Crippen LogP) is 5.96. The maximum Gasteiger partial charge on any atom is 0.0671 e. The number of nitrogens with zero attached hydrogens (tertiary/aromatic N) is 1. The van der Waals surface area contributed by atoms with Gasteiger partial charge in [0.15, 0.2) is 0 Å². The van der Waals surface area contributed by atoms with E-state index in [4.69, 9.17) is 10.7 Å². The normalized spacial score (nSPS) is 11.9. The molecule has 33 heavy (non-hydrogen) atoms. The first-order valence-electron chi connectivity index (χ1n) is 11.4. The van der Waals surface area contributed by atoms with Crippen molar-refractivity contribution in [3.05, 3.63) is 95.1 Å². The van der Waals surface area contributed by atoms with Gasteiger partial charge in [0.2, 0.25) is 0 Å². The summed E-state index contributed by atoms with van der Waals surface area (Å²) in [6, 6.07) is 22.8. The van der Waals surface area contributed by atoms with Crippen LogP contribution in [0.4, 0.5) is 22.7 Å². The van der Waals surface area contributed by atoms with Crippen LogP contribution in [-0.4, -0.2) is 26.9 Å². The molecule has 0 bridgehead atoms. The molecule has 0 aliphatic heterocycles. The Labute approximate surface area is 197 Å². The second-order valence-electron chi connectivity index (χ2n) is 8.10. The largest absolute Gasteiger partial charge is 0.399 e. The first-order chi connectivity index (χ1) is 16.0. The van der Waals surface area contributed by atoms with Crippen molar-refractivity contribution in [3.63, 3.8) is 0 Å². The van der Waals surface area contributed by atoms with Crippen LogP contribution in [-0.2, 0) is 13.0 Å². The molecule has 0 unspecified atom stereocenters. The van der Waals surface area contributed by atoms with E-state index < -0.39 is 0 Å². The fourth-order valence-corrected chi connectivity index (χ4v) is 3.79. The summed E-state index contributed by atoms with van der Waals surface area (Å²) in [5.74, 6) is 0. The number of nitrogens with two attached hydrogens (primary N) is 1. The van der Waals surface area contributed by atoms with Gasteiger partial charge in [-0.1, -0.05) is 35.9 Å². The van der Waals surface area contributed by atoms with E-state index in [1.807, 2.05) is 39.3 Å². The Morgan fingerprint density at radius 2 is 1.61 bits per heavy atom. The van der Waals surface area contributed by atoms with E-state index in [1.54, 1.807) is 0 Å². The maximum absolute atomic E-state index is 6.15. The lowest BCUT2D eigenvalue weighted by molar-refractivity contribution is 0.942. The summed E-state index contributed by atoms with van der Waals surface area (Å²) in [6.45, 7) is 2.73. The van der Waals surface area contributed by atoms with Crippen LogP contribution in [0.3, 0.4) is 0 Å². The second-order valence-corrected chi connectivity index (χ2v) is 8.10. The van der Waals surface area contributed by atoms with Gasteiger partial charge in [0, 0.05) is 49.5 Å². The van der Waals surface area contributed by atoms with Gasteiger partial charge in [-0.2, -0.15) is 0 Å². The predicted molar refractivity (Wildman–Crippen MR) is 145 cm³/mol. The summed E-state index contributed by atoms with van der Waals surface area (Å²) in [7, 11) is 5.79. The number of benzene rings is 3. The lowest BCUT2D eigenvalue weighted by Gasteiger charge is -2.14. The van der Waals surface area contributed by atoms with Gasteiger partial charge >= 0.3 is 0 Å². The third-order valence-corrected chi connectivity index (χ3v) is 5.71. The van der Waals surface area contributed by atoms with Gasteiger partial charge in [0.05, 0.1) is 12.3 Å². The zero-order valence-electron chi connectivity index (χ0n) is 20.1. The molecule has 3 aromatic rings. The molecular weight excluding hydrogens is 406 g/mol. The average Bonchev–Trinajstić information content (AvgIpc) is 2.85. The van der Waals surface area contributed by atoms with Crippen LogP contribution in [0.15, 0.2) is 83.4 Å². The number of aliphatic imine (C=N–C) groups is 1. The zero-order chi connectivity index (χ0) is 23.6. The molecule has 0 spiro atoms. The Kier molecular flexibility index (Phi) is 8.53. The van der Waals surface area contributed by atoms with Crippen molar-refractivity contribution in [2.24, 2.45) is 4.99 Å². The Bertz CT molecular complexity index is 1120. The number of anilines is 4. The van der Waals surface area contributed by atoms with Crippen LogP contribution in [0.2, 0.25) is 0 Å². The standard InChI is InChI=1S/C28H35N5/c1-20(10-11-21-8-6-5-7-9-21)16-28(25-18-23(29)12-14-27(25)32-4)33-19-22-17-24(30-2)13-15-26(22)31-3/h5-9,12-18,30-32H,10-11,19,29H2,1-4H3/b20-16+,33-28?. The fourth-order valence-electron chi connectivity index (χ4n) is 3.79. The zero-order valence-corrected chi connectivity index (χ0v) is 20.1. The van der Waals surface area contributed by atoms with Crippen molar-refractivity contribution in [2.45, 2.75) is 26.3 Å². The van der Waals surface area contributed by atoms with Crippen LogP contribution in [0.1, 0.15) is 30.0 Å². The Morgan fingerprint density at radius 1 is 0.879 bits per heavy atom. The number of hydrogen-bond donors (Lipinski definition) is 4. The van der Waals surface area contributed by atoms with Gasteiger partial charge in [-0.15, -0.1) is 0 Å². The van der Waals surface area contributed by atoms with Gasteiger partial charge in [0.25, 0.3) is 0 Å². The van der Waals surface area contributed by atoms with Crippen molar-refractivity contribution >= 4 is 28.5 Å². The van der Waals surface area contributed by atoms with Gasteiger partial charge in [0.1, 0.15) is 0 Å². The fraction of sp³-hybridized carbons (Fsp3) is 0.250. The molecule has 5 N–H and O–H groups in total. The molecule has 172 valence electrons. The highest BCUT2D eigenvalue weighted by molar-refractivity contribution is 6.13. The van der Waals surface area contributed by atoms with Crippen LogP contribution in [0.25, 0.3) is 0 Å². The monoisotopic (exact) mass is 441 g/mol. The Morgan fingerprint density at radius 3 is 2.30 bits per heavy atom. The molecule has 0 saturated heterocycles. The summed E-state index contributed by atoms with van der Waals surface area (Å²) in [6.07, 6.45) is 4.16. The molecule has 3 rings (SSSR count). The Hall–Kier alpha value is -3.73. The second kappa shape index (κ2) is 11.8. The summed E-state index contributed by atoms with van der Waals surface area (Å²) in [4.78, 5) is 5.07. The molecule has 5 nitrogen and oxygen atoms in total. The van der Waals surface area contributed by atoms with E-state index >= 15 is 0 Å². The Balaban J connectivity index is 1.96. The van der Waals surface area contributed by atoms with Crippen LogP contribution in [0, 0.1) is 0 Å². The van der Waals surface area contributed by atoms with E-state index in [0.29, 0.717) is 6.54 Å². The van der Waals surface area contributed by atoms with Crippen molar-refractivity contribution in [2.75, 3.05) is 42.8 Å². The van der Waals surface area contributed by atoms with Gasteiger partial charge in [-0.3, -0.25) is 4.99 Å². The highest BCUT2D eigenvalue weighted by atomic mass is 14.9.